The van der Waals surface area contributed by atoms with Crippen LogP contribution in [0, 0.1) is 5.92 Å². The molecule has 4 nitrogen and oxygen atoms in total. The molecule has 1 aliphatic rings. The summed E-state index contributed by atoms with van der Waals surface area (Å²) in [6.07, 6.45) is 2.52. The highest BCUT2D eigenvalue weighted by atomic mass is 127. The SMILES string of the molecule is CN(C)C(=NCc1ccccc1)NCC1CCN(Cc2cccs2)CC1.I. The van der Waals surface area contributed by atoms with Crippen molar-refractivity contribution in [2.24, 2.45) is 10.9 Å². The van der Waals surface area contributed by atoms with Crippen molar-refractivity contribution >= 4 is 41.3 Å². The normalized spacial score (nSPS) is 16.0. The Balaban J connectivity index is 0.00000261. The lowest BCUT2D eigenvalue weighted by Gasteiger charge is -2.32. The van der Waals surface area contributed by atoms with Gasteiger partial charge in [0.1, 0.15) is 0 Å². The minimum Gasteiger partial charge on any atom is -0.356 e. The molecule has 2 heterocycles. The van der Waals surface area contributed by atoms with Gasteiger partial charge in [-0.25, -0.2) is 4.99 Å². The molecule has 1 aliphatic heterocycles. The van der Waals surface area contributed by atoms with E-state index in [0.29, 0.717) is 0 Å². The number of nitrogens with one attached hydrogen (secondary N) is 1. The highest BCUT2D eigenvalue weighted by Crippen LogP contribution is 2.20. The summed E-state index contributed by atoms with van der Waals surface area (Å²) in [5.74, 6) is 1.71. The van der Waals surface area contributed by atoms with Gasteiger partial charge in [0.05, 0.1) is 6.54 Å². The summed E-state index contributed by atoms with van der Waals surface area (Å²) in [5.41, 5.74) is 1.25. The predicted octanol–water partition coefficient (Wildman–Crippen LogP) is 4.29. The van der Waals surface area contributed by atoms with Crippen molar-refractivity contribution in [3.8, 4) is 0 Å². The van der Waals surface area contributed by atoms with Crippen molar-refractivity contribution in [1.82, 2.24) is 15.1 Å². The molecule has 3 rings (SSSR count). The lowest BCUT2D eigenvalue weighted by Crippen LogP contribution is -2.42. The molecule has 0 radical (unpaired) electrons. The van der Waals surface area contributed by atoms with Crippen LogP contribution >= 0.6 is 35.3 Å². The minimum absolute atomic E-state index is 0. The quantitative estimate of drug-likeness (QED) is 0.367. The Morgan fingerprint density at radius 1 is 1.15 bits per heavy atom. The van der Waals surface area contributed by atoms with Gasteiger partial charge in [-0.15, -0.1) is 35.3 Å². The molecule has 2 aromatic rings. The Morgan fingerprint density at radius 2 is 1.89 bits per heavy atom. The second kappa shape index (κ2) is 11.7. The van der Waals surface area contributed by atoms with Crippen LogP contribution in [-0.4, -0.2) is 49.5 Å². The van der Waals surface area contributed by atoms with Gasteiger partial charge >= 0.3 is 0 Å². The smallest absolute Gasteiger partial charge is 0.193 e. The van der Waals surface area contributed by atoms with Gasteiger partial charge in [-0.3, -0.25) is 4.90 Å². The molecule has 0 amide bonds. The van der Waals surface area contributed by atoms with Gasteiger partial charge in [0.2, 0.25) is 0 Å². The van der Waals surface area contributed by atoms with E-state index in [1.807, 2.05) is 17.4 Å². The molecule has 27 heavy (non-hydrogen) atoms. The third kappa shape index (κ3) is 7.43. The van der Waals surface area contributed by atoms with Crippen molar-refractivity contribution < 1.29 is 0 Å². The number of hydrogen-bond donors (Lipinski definition) is 1. The lowest BCUT2D eigenvalue weighted by molar-refractivity contribution is 0.179. The fourth-order valence-electron chi connectivity index (χ4n) is 3.31. The molecular formula is C21H31IN4S. The molecule has 0 saturated carbocycles. The summed E-state index contributed by atoms with van der Waals surface area (Å²) in [7, 11) is 4.11. The van der Waals surface area contributed by atoms with Crippen molar-refractivity contribution in [3.05, 3.63) is 58.3 Å². The number of piperidine rings is 1. The zero-order chi connectivity index (χ0) is 18.2. The van der Waals surface area contributed by atoms with E-state index in [4.69, 9.17) is 4.99 Å². The molecule has 0 spiro atoms. The van der Waals surface area contributed by atoms with Gasteiger partial charge in [-0.1, -0.05) is 36.4 Å². The second-order valence-electron chi connectivity index (χ2n) is 7.20. The first kappa shape index (κ1) is 22.2. The Bertz CT molecular complexity index is 665. The lowest BCUT2D eigenvalue weighted by atomic mass is 9.97. The molecule has 1 aromatic heterocycles. The number of hydrogen-bond acceptors (Lipinski definition) is 3. The number of benzene rings is 1. The maximum Gasteiger partial charge on any atom is 0.193 e. The van der Waals surface area contributed by atoms with E-state index in [2.05, 4.69) is 71.0 Å². The van der Waals surface area contributed by atoms with Gasteiger partial charge in [-0.2, -0.15) is 0 Å². The molecular weight excluding hydrogens is 467 g/mol. The Labute approximate surface area is 184 Å². The molecule has 0 atom stereocenters. The zero-order valence-electron chi connectivity index (χ0n) is 16.3. The molecule has 0 unspecified atom stereocenters. The van der Waals surface area contributed by atoms with E-state index in [-0.39, 0.29) is 24.0 Å². The van der Waals surface area contributed by atoms with E-state index >= 15 is 0 Å². The number of guanidine groups is 1. The fourth-order valence-corrected chi connectivity index (χ4v) is 4.06. The van der Waals surface area contributed by atoms with Gasteiger partial charge in [0, 0.05) is 32.1 Å². The summed E-state index contributed by atoms with van der Waals surface area (Å²) >= 11 is 1.86. The van der Waals surface area contributed by atoms with Crippen molar-refractivity contribution in [2.45, 2.75) is 25.9 Å². The first-order chi connectivity index (χ1) is 12.7. The van der Waals surface area contributed by atoms with E-state index in [1.165, 1.54) is 36.4 Å². The summed E-state index contributed by atoms with van der Waals surface area (Å²) in [5, 5.41) is 5.75. The van der Waals surface area contributed by atoms with Gasteiger partial charge in [0.25, 0.3) is 0 Å². The summed E-state index contributed by atoms with van der Waals surface area (Å²) in [6.45, 7) is 5.24. The summed E-state index contributed by atoms with van der Waals surface area (Å²) in [4.78, 5) is 10.9. The van der Waals surface area contributed by atoms with Crippen molar-refractivity contribution in [3.63, 3.8) is 0 Å². The molecule has 1 saturated heterocycles. The molecule has 0 bridgehead atoms. The molecule has 0 aliphatic carbocycles. The Hall–Kier alpha value is -1.12. The maximum absolute atomic E-state index is 4.77. The number of halogens is 1. The fraction of sp³-hybridized carbons (Fsp3) is 0.476. The Kier molecular flexibility index (Phi) is 9.58. The highest BCUT2D eigenvalue weighted by Gasteiger charge is 2.19. The average molecular weight is 498 g/mol. The molecule has 1 fully saturated rings. The van der Waals surface area contributed by atoms with E-state index in [0.717, 1.165) is 31.5 Å². The second-order valence-corrected chi connectivity index (χ2v) is 8.23. The van der Waals surface area contributed by atoms with Crippen LogP contribution in [0.5, 0.6) is 0 Å². The van der Waals surface area contributed by atoms with Crippen LogP contribution in [-0.2, 0) is 13.1 Å². The molecule has 148 valence electrons. The Morgan fingerprint density at radius 3 is 2.52 bits per heavy atom. The largest absolute Gasteiger partial charge is 0.356 e. The van der Waals surface area contributed by atoms with Crippen LogP contribution in [0.3, 0.4) is 0 Å². The molecule has 1 aromatic carbocycles. The van der Waals surface area contributed by atoms with Gasteiger partial charge in [0.15, 0.2) is 5.96 Å². The molecule has 6 heteroatoms. The number of thiophene rings is 1. The molecule has 1 N–H and O–H groups in total. The van der Waals surface area contributed by atoms with Gasteiger partial charge < -0.3 is 10.2 Å². The average Bonchev–Trinajstić information content (AvgIpc) is 3.16. The van der Waals surface area contributed by atoms with Crippen molar-refractivity contribution in [2.75, 3.05) is 33.7 Å². The van der Waals surface area contributed by atoms with Crippen LogP contribution in [0.25, 0.3) is 0 Å². The van der Waals surface area contributed by atoms with Gasteiger partial charge in [-0.05, 0) is 48.9 Å². The third-order valence-corrected chi connectivity index (χ3v) is 5.75. The first-order valence-corrected chi connectivity index (χ1v) is 10.3. The van der Waals surface area contributed by atoms with Crippen LogP contribution in [0.1, 0.15) is 23.3 Å². The summed E-state index contributed by atoms with van der Waals surface area (Å²) < 4.78 is 0. The van der Waals surface area contributed by atoms with E-state index < -0.39 is 0 Å². The zero-order valence-corrected chi connectivity index (χ0v) is 19.5. The number of nitrogens with zero attached hydrogens (tertiary/aromatic N) is 3. The number of aliphatic imine (C=N–C) groups is 1. The summed E-state index contributed by atoms with van der Waals surface area (Å²) in [6, 6.07) is 14.8. The third-order valence-electron chi connectivity index (χ3n) is 4.89. The number of likely N-dealkylation sites (tertiary alicyclic amines) is 1. The maximum atomic E-state index is 4.77. The first-order valence-electron chi connectivity index (χ1n) is 9.45. The van der Waals surface area contributed by atoms with Crippen LogP contribution in [0.4, 0.5) is 0 Å². The standard InChI is InChI=1S/C21H30N4S.HI/c1-24(2)21(22-15-18-7-4-3-5-8-18)23-16-19-10-12-25(13-11-19)17-20-9-6-14-26-20;/h3-9,14,19H,10-13,15-17H2,1-2H3,(H,22,23);1H. The number of rotatable bonds is 6. The van der Waals surface area contributed by atoms with Crippen LogP contribution < -0.4 is 5.32 Å². The minimum atomic E-state index is 0. The van der Waals surface area contributed by atoms with Crippen molar-refractivity contribution in [1.29, 1.82) is 0 Å². The topological polar surface area (TPSA) is 30.9 Å². The van der Waals surface area contributed by atoms with E-state index in [1.54, 1.807) is 0 Å². The van der Waals surface area contributed by atoms with Crippen LogP contribution in [0.2, 0.25) is 0 Å². The monoisotopic (exact) mass is 498 g/mol. The highest BCUT2D eigenvalue weighted by molar-refractivity contribution is 14.0. The van der Waals surface area contributed by atoms with Crippen LogP contribution in [0.15, 0.2) is 52.8 Å². The predicted molar refractivity (Wildman–Crippen MR) is 127 cm³/mol. The van der Waals surface area contributed by atoms with E-state index in [9.17, 15) is 0 Å².